The summed E-state index contributed by atoms with van der Waals surface area (Å²) in [5, 5.41) is 10.7. The van der Waals surface area contributed by atoms with Gasteiger partial charge in [0.05, 0.1) is 11.1 Å². The highest BCUT2D eigenvalue weighted by atomic mass is 79.9. The van der Waals surface area contributed by atoms with E-state index in [1.54, 1.807) is 17.1 Å². The summed E-state index contributed by atoms with van der Waals surface area (Å²) in [5.41, 5.74) is 3.43. The molecule has 0 spiro atoms. The van der Waals surface area contributed by atoms with Crippen LogP contribution in [0.4, 0.5) is 5.69 Å². The normalized spacial score (nSPS) is 10.0. The number of ketones is 1. The fourth-order valence-corrected chi connectivity index (χ4v) is 2.52. The van der Waals surface area contributed by atoms with E-state index in [4.69, 9.17) is 0 Å². The van der Waals surface area contributed by atoms with Crippen molar-refractivity contribution in [2.45, 2.75) is 13.5 Å². The molecule has 3 rings (SSSR count). The van der Waals surface area contributed by atoms with Crippen LogP contribution in [0.2, 0.25) is 0 Å². The van der Waals surface area contributed by atoms with E-state index in [9.17, 15) is 14.9 Å². The summed E-state index contributed by atoms with van der Waals surface area (Å²) in [5.74, 6) is -0.134. The number of nitro benzene ring substituents is 1. The first-order chi connectivity index (χ1) is 12.0. The molecule has 0 saturated heterocycles. The summed E-state index contributed by atoms with van der Waals surface area (Å²) >= 11 is 0. The van der Waals surface area contributed by atoms with Crippen LogP contribution in [0.1, 0.15) is 15.9 Å². The van der Waals surface area contributed by atoms with Gasteiger partial charge in [-0.1, -0.05) is 24.3 Å². The van der Waals surface area contributed by atoms with Gasteiger partial charge in [-0.2, -0.15) is 0 Å². The zero-order valence-electron chi connectivity index (χ0n) is 14.0. The zero-order chi connectivity index (χ0) is 17.8. The van der Waals surface area contributed by atoms with E-state index >= 15 is 0 Å². The first kappa shape index (κ1) is 19.4. The third-order valence-electron chi connectivity index (χ3n) is 3.92. The van der Waals surface area contributed by atoms with Crippen LogP contribution in [0.3, 0.4) is 0 Å². The predicted octanol–water partition coefficient (Wildman–Crippen LogP) is 3.71. The van der Waals surface area contributed by atoms with Gasteiger partial charge in [0.1, 0.15) is 0 Å². The van der Waals surface area contributed by atoms with E-state index in [0.29, 0.717) is 5.56 Å². The first-order valence-electron chi connectivity index (χ1n) is 7.73. The van der Waals surface area contributed by atoms with Crippen molar-refractivity contribution in [2.75, 3.05) is 0 Å². The number of carbonyl (C=O) groups excluding carboxylic acids is 1. The number of hydrogen-bond donors (Lipinski definition) is 0. The standard InChI is InChI=1S/C19H16N3O3.BrH/c1-14-4-2-3-5-17(14)18-10-11-21(13-20-18)12-19(23)15-6-8-16(9-7-15)22(24)25;/h2-11,13H,12H2,1H3;1H/q+1;. The molecule has 0 atom stereocenters. The fourth-order valence-electron chi connectivity index (χ4n) is 2.52. The van der Waals surface area contributed by atoms with E-state index in [1.165, 1.54) is 24.3 Å². The molecule has 0 unspecified atom stereocenters. The molecular formula is C19H17BrN3O3+. The lowest BCUT2D eigenvalue weighted by molar-refractivity contribution is -0.686. The van der Waals surface area contributed by atoms with Crippen LogP contribution in [0.15, 0.2) is 67.1 Å². The van der Waals surface area contributed by atoms with Crippen LogP contribution in [0, 0.1) is 17.0 Å². The fraction of sp³-hybridized carbons (Fsp3) is 0.105. The highest BCUT2D eigenvalue weighted by molar-refractivity contribution is 8.93. The number of benzene rings is 2. The van der Waals surface area contributed by atoms with Crippen LogP contribution < -0.4 is 4.57 Å². The maximum atomic E-state index is 12.3. The molecule has 1 heterocycles. The molecule has 0 bridgehead atoms. The summed E-state index contributed by atoms with van der Waals surface area (Å²) < 4.78 is 1.69. The lowest BCUT2D eigenvalue weighted by Crippen LogP contribution is -2.37. The number of aromatic nitrogens is 2. The second-order valence-electron chi connectivity index (χ2n) is 5.66. The lowest BCUT2D eigenvalue weighted by atomic mass is 10.1. The smallest absolute Gasteiger partial charge is 0.287 e. The van der Waals surface area contributed by atoms with Crippen LogP contribution in [0.5, 0.6) is 0 Å². The number of hydrogen-bond acceptors (Lipinski definition) is 4. The van der Waals surface area contributed by atoms with Crippen molar-refractivity contribution in [1.82, 2.24) is 4.98 Å². The third-order valence-corrected chi connectivity index (χ3v) is 3.92. The molecule has 0 aliphatic heterocycles. The Balaban J connectivity index is 0.00000243. The lowest BCUT2D eigenvalue weighted by Gasteiger charge is -2.02. The highest BCUT2D eigenvalue weighted by Crippen LogP contribution is 2.19. The highest BCUT2D eigenvalue weighted by Gasteiger charge is 2.14. The summed E-state index contributed by atoms with van der Waals surface area (Å²) in [6, 6.07) is 15.4. The number of nitrogens with zero attached hydrogens (tertiary/aromatic N) is 3. The van der Waals surface area contributed by atoms with E-state index in [2.05, 4.69) is 4.98 Å². The second-order valence-corrected chi connectivity index (χ2v) is 5.66. The minimum absolute atomic E-state index is 0. The van der Waals surface area contributed by atoms with Crippen molar-refractivity contribution in [3.8, 4) is 11.3 Å². The summed E-state index contributed by atoms with van der Waals surface area (Å²) in [4.78, 5) is 26.9. The maximum Gasteiger partial charge on any atom is 0.287 e. The number of halogens is 1. The molecule has 2 aromatic carbocycles. The van der Waals surface area contributed by atoms with Gasteiger partial charge in [0.2, 0.25) is 5.78 Å². The van der Waals surface area contributed by atoms with Gasteiger partial charge in [-0.25, -0.2) is 4.57 Å². The van der Waals surface area contributed by atoms with Gasteiger partial charge in [0.25, 0.3) is 12.0 Å². The predicted molar refractivity (Wildman–Crippen MR) is 102 cm³/mol. The molecule has 0 amide bonds. The van der Waals surface area contributed by atoms with Crippen molar-refractivity contribution in [3.05, 3.63) is 88.4 Å². The molecule has 0 N–H and O–H groups in total. The molecule has 132 valence electrons. The Bertz CT molecular complexity index is 926. The van der Waals surface area contributed by atoms with Crippen LogP contribution in [-0.4, -0.2) is 15.7 Å². The van der Waals surface area contributed by atoms with Gasteiger partial charge < -0.3 is 0 Å². The average Bonchev–Trinajstić information content (AvgIpc) is 2.63. The first-order valence-corrected chi connectivity index (χ1v) is 7.73. The van der Waals surface area contributed by atoms with Crippen LogP contribution in [0.25, 0.3) is 11.3 Å². The Morgan fingerprint density at radius 1 is 1.12 bits per heavy atom. The zero-order valence-corrected chi connectivity index (χ0v) is 15.7. The minimum Gasteiger partial charge on any atom is -0.290 e. The Labute approximate surface area is 161 Å². The Kier molecular flexibility index (Phi) is 6.30. The summed E-state index contributed by atoms with van der Waals surface area (Å²) in [6.45, 7) is 2.15. The number of rotatable bonds is 5. The molecular weight excluding hydrogens is 398 g/mol. The molecule has 3 aromatic rings. The largest absolute Gasteiger partial charge is 0.290 e. The number of carbonyl (C=O) groups is 1. The maximum absolute atomic E-state index is 12.3. The summed E-state index contributed by atoms with van der Waals surface area (Å²) in [7, 11) is 0. The minimum atomic E-state index is -0.489. The van der Waals surface area contributed by atoms with E-state index in [0.717, 1.165) is 16.8 Å². The van der Waals surface area contributed by atoms with Gasteiger partial charge in [-0.05, 0) is 29.6 Å². The van der Waals surface area contributed by atoms with Gasteiger partial charge in [0, 0.05) is 29.3 Å². The molecule has 1 aromatic heterocycles. The molecule has 7 heteroatoms. The molecule has 0 aliphatic carbocycles. The van der Waals surface area contributed by atoms with Crippen molar-refractivity contribution in [2.24, 2.45) is 0 Å². The average molecular weight is 415 g/mol. The molecule has 0 fully saturated rings. The number of non-ortho nitro benzene ring substituents is 1. The van der Waals surface area contributed by atoms with Gasteiger partial charge in [-0.3, -0.25) is 14.9 Å². The van der Waals surface area contributed by atoms with Gasteiger partial charge in [0.15, 0.2) is 12.2 Å². The topological polar surface area (TPSA) is 77.0 Å². The Morgan fingerprint density at radius 2 is 1.81 bits per heavy atom. The molecule has 6 nitrogen and oxygen atoms in total. The summed E-state index contributed by atoms with van der Waals surface area (Å²) in [6.07, 6.45) is 3.42. The van der Waals surface area contributed by atoms with Crippen molar-refractivity contribution < 1.29 is 14.3 Å². The SMILES string of the molecule is Br.Cc1ccccc1-c1cc[n+](CC(=O)c2ccc([N+](=O)[O-])cc2)cn1. The quantitative estimate of drug-likeness (QED) is 0.276. The van der Waals surface area contributed by atoms with Gasteiger partial charge >= 0.3 is 0 Å². The van der Waals surface area contributed by atoms with Crippen LogP contribution in [-0.2, 0) is 6.54 Å². The molecule has 0 saturated carbocycles. The Hall–Kier alpha value is -2.93. The molecule has 0 aliphatic rings. The second kappa shape index (κ2) is 8.44. The van der Waals surface area contributed by atoms with E-state index < -0.39 is 4.92 Å². The van der Waals surface area contributed by atoms with E-state index in [-0.39, 0.29) is 35.0 Å². The van der Waals surface area contributed by atoms with E-state index in [1.807, 2.05) is 37.3 Å². The van der Waals surface area contributed by atoms with Gasteiger partial charge in [-0.15, -0.1) is 17.0 Å². The Morgan fingerprint density at radius 3 is 2.38 bits per heavy atom. The number of aryl methyl sites for hydroxylation is 1. The van der Waals surface area contributed by atoms with Crippen molar-refractivity contribution in [1.29, 1.82) is 0 Å². The van der Waals surface area contributed by atoms with Crippen molar-refractivity contribution in [3.63, 3.8) is 0 Å². The molecule has 26 heavy (non-hydrogen) atoms. The molecule has 0 radical (unpaired) electrons. The third kappa shape index (κ3) is 4.37. The van der Waals surface area contributed by atoms with Crippen molar-refractivity contribution >= 4 is 28.5 Å². The number of Topliss-reactive ketones (excluding diaryl/α,β-unsaturated/α-hetero) is 1. The van der Waals surface area contributed by atoms with Crippen LogP contribution >= 0.6 is 17.0 Å². The number of nitro groups is 1. The monoisotopic (exact) mass is 414 g/mol.